The lowest BCUT2D eigenvalue weighted by molar-refractivity contribution is 0.533. The molecular formula is C8H12BrNO. The van der Waals surface area contributed by atoms with Crippen molar-refractivity contribution in [3.05, 3.63) is 22.6 Å². The second-order valence-corrected chi connectivity index (χ2v) is 3.12. The SMILES string of the molecule is CCCNCc1ccoc1Br. The normalized spacial score (nSPS) is 10.4. The van der Waals surface area contributed by atoms with Crippen molar-refractivity contribution in [1.82, 2.24) is 5.32 Å². The fourth-order valence-corrected chi connectivity index (χ4v) is 1.23. The van der Waals surface area contributed by atoms with Gasteiger partial charge < -0.3 is 9.73 Å². The summed E-state index contributed by atoms with van der Waals surface area (Å²) in [6, 6.07) is 1.97. The molecule has 1 aromatic rings. The molecule has 1 aromatic heterocycles. The van der Waals surface area contributed by atoms with Gasteiger partial charge in [-0.2, -0.15) is 0 Å². The third kappa shape index (κ3) is 2.67. The van der Waals surface area contributed by atoms with Gasteiger partial charge >= 0.3 is 0 Å². The van der Waals surface area contributed by atoms with Gasteiger partial charge in [-0.05, 0) is 35.0 Å². The van der Waals surface area contributed by atoms with Gasteiger partial charge in [-0.1, -0.05) is 6.92 Å². The van der Waals surface area contributed by atoms with Crippen molar-refractivity contribution < 1.29 is 4.42 Å². The van der Waals surface area contributed by atoms with E-state index < -0.39 is 0 Å². The van der Waals surface area contributed by atoms with Gasteiger partial charge in [0.2, 0.25) is 0 Å². The first-order chi connectivity index (χ1) is 5.34. The van der Waals surface area contributed by atoms with E-state index >= 15 is 0 Å². The van der Waals surface area contributed by atoms with Crippen molar-refractivity contribution in [3.63, 3.8) is 0 Å². The molecule has 0 spiro atoms. The lowest BCUT2D eigenvalue weighted by Gasteiger charge is -1.99. The zero-order valence-corrected chi connectivity index (χ0v) is 8.15. The van der Waals surface area contributed by atoms with Gasteiger partial charge in [0.15, 0.2) is 4.67 Å². The number of nitrogens with one attached hydrogen (secondary N) is 1. The number of hydrogen-bond donors (Lipinski definition) is 1. The van der Waals surface area contributed by atoms with Gasteiger partial charge in [0.25, 0.3) is 0 Å². The first kappa shape index (κ1) is 8.81. The Hall–Kier alpha value is -0.280. The Morgan fingerprint density at radius 1 is 1.64 bits per heavy atom. The van der Waals surface area contributed by atoms with Crippen molar-refractivity contribution in [3.8, 4) is 0 Å². The van der Waals surface area contributed by atoms with Crippen LogP contribution in [0.5, 0.6) is 0 Å². The zero-order chi connectivity index (χ0) is 8.10. The summed E-state index contributed by atoms with van der Waals surface area (Å²) in [5.41, 5.74) is 1.18. The predicted octanol–water partition coefficient (Wildman–Crippen LogP) is 2.54. The van der Waals surface area contributed by atoms with E-state index in [0.29, 0.717) is 0 Å². The van der Waals surface area contributed by atoms with Gasteiger partial charge in [-0.25, -0.2) is 0 Å². The molecule has 0 bridgehead atoms. The molecule has 2 nitrogen and oxygen atoms in total. The average Bonchev–Trinajstić information content (AvgIpc) is 2.37. The molecule has 62 valence electrons. The van der Waals surface area contributed by atoms with E-state index in [9.17, 15) is 0 Å². The molecule has 0 atom stereocenters. The Morgan fingerprint density at radius 2 is 2.45 bits per heavy atom. The molecule has 0 fully saturated rings. The van der Waals surface area contributed by atoms with Crippen LogP contribution in [0.25, 0.3) is 0 Å². The molecule has 0 aliphatic rings. The van der Waals surface area contributed by atoms with Gasteiger partial charge in [0, 0.05) is 12.1 Å². The van der Waals surface area contributed by atoms with Crippen molar-refractivity contribution in [2.45, 2.75) is 19.9 Å². The van der Waals surface area contributed by atoms with Crippen molar-refractivity contribution in [2.75, 3.05) is 6.54 Å². The third-order valence-corrected chi connectivity index (χ3v) is 2.13. The minimum atomic E-state index is 0.834. The van der Waals surface area contributed by atoms with Crippen LogP contribution >= 0.6 is 15.9 Å². The summed E-state index contributed by atoms with van der Waals surface area (Å²) in [4.78, 5) is 0. The Balaban J connectivity index is 2.32. The van der Waals surface area contributed by atoms with Crippen molar-refractivity contribution in [1.29, 1.82) is 0 Å². The molecule has 0 radical (unpaired) electrons. The first-order valence-electron chi connectivity index (χ1n) is 3.77. The predicted molar refractivity (Wildman–Crippen MR) is 48.4 cm³/mol. The number of rotatable bonds is 4. The summed E-state index contributed by atoms with van der Waals surface area (Å²) in [5, 5.41) is 3.29. The van der Waals surface area contributed by atoms with Crippen LogP contribution in [0.15, 0.2) is 21.4 Å². The maximum absolute atomic E-state index is 5.07. The molecule has 0 unspecified atom stereocenters. The molecule has 1 rings (SSSR count). The maximum atomic E-state index is 5.07. The maximum Gasteiger partial charge on any atom is 0.173 e. The molecule has 0 aliphatic heterocycles. The second kappa shape index (κ2) is 4.57. The first-order valence-corrected chi connectivity index (χ1v) is 4.56. The lowest BCUT2D eigenvalue weighted by atomic mass is 10.3. The molecule has 1 N–H and O–H groups in total. The molecule has 3 heteroatoms. The topological polar surface area (TPSA) is 25.2 Å². The monoisotopic (exact) mass is 217 g/mol. The molecule has 0 aromatic carbocycles. The van der Waals surface area contributed by atoms with Crippen LogP contribution in [-0.4, -0.2) is 6.54 Å². The highest BCUT2D eigenvalue weighted by molar-refractivity contribution is 9.10. The van der Waals surface area contributed by atoms with Crippen LogP contribution < -0.4 is 5.32 Å². The van der Waals surface area contributed by atoms with Crippen molar-refractivity contribution in [2.24, 2.45) is 0 Å². The Morgan fingerprint density at radius 3 is 3.00 bits per heavy atom. The standard InChI is InChI=1S/C8H12BrNO/c1-2-4-10-6-7-3-5-11-8(7)9/h3,5,10H,2,4,6H2,1H3. The Labute approximate surface area is 75.1 Å². The molecule has 11 heavy (non-hydrogen) atoms. The van der Waals surface area contributed by atoms with Crippen LogP contribution in [0, 0.1) is 0 Å². The van der Waals surface area contributed by atoms with Crippen LogP contribution in [0.3, 0.4) is 0 Å². The van der Waals surface area contributed by atoms with Gasteiger partial charge in [-0.15, -0.1) is 0 Å². The number of halogens is 1. The molecule has 0 aliphatic carbocycles. The van der Waals surface area contributed by atoms with E-state index in [1.807, 2.05) is 6.07 Å². The van der Waals surface area contributed by atoms with Crippen molar-refractivity contribution >= 4 is 15.9 Å². The molecular weight excluding hydrogens is 206 g/mol. The minimum absolute atomic E-state index is 0.834. The summed E-state index contributed by atoms with van der Waals surface area (Å²) in [6.45, 7) is 4.08. The van der Waals surface area contributed by atoms with Gasteiger partial charge in [0.05, 0.1) is 6.26 Å². The van der Waals surface area contributed by atoms with Gasteiger partial charge in [-0.3, -0.25) is 0 Å². The zero-order valence-electron chi connectivity index (χ0n) is 6.56. The van der Waals surface area contributed by atoms with E-state index in [4.69, 9.17) is 4.42 Å². The van der Waals surface area contributed by atoms with E-state index in [2.05, 4.69) is 28.2 Å². The fourth-order valence-electron chi connectivity index (χ4n) is 0.845. The van der Waals surface area contributed by atoms with Gasteiger partial charge in [0.1, 0.15) is 0 Å². The lowest BCUT2D eigenvalue weighted by Crippen LogP contribution is -2.13. The molecule has 1 heterocycles. The molecule has 0 saturated carbocycles. The summed E-state index contributed by atoms with van der Waals surface area (Å²) in [5.74, 6) is 0. The summed E-state index contributed by atoms with van der Waals surface area (Å²) >= 11 is 3.31. The highest BCUT2D eigenvalue weighted by Crippen LogP contribution is 2.16. The average molecular weight is 218 g/mol. The summed E-state index contributed by atoms with van der Waals surface area (Å²) in [7, 11) is 0. The van der Waals surface area contributed by atoms with E-state index in [1.165, 1.54) is 5.56 Å². The Kier molecular flexibility index (Phi) is 3.66. The Bertz CT molecular complexity index is 210. The minimum Gasteiger partial charge on any atom is -0.457 e. The number of hydrogen-bond acceptors (Lipinski definition) is 2. The highest BCUT2D eigenvalue weighted by Gasteiger charge is 2.00. The highest BCUT2D eigenvalue weighted by atomic mass is 79.9. The molecule has 0 amide bonds. The largest absolute Gasteiger partial charge is 0.457 e. The fraction of sp³-hybridized carbons (Fsp3) is 0.500. The van der Waals surface area contributed by atoms with Crippen LogP contribution in [0.1, 0.15) is 18.9 Å². The van der Waals surface area contributed by atoms with E-state index in [-0.39, 0.29) is 0 Å². The van der Waals surface area contributed by atoms with E-state index in [1.54, 1.807) is 6.26 Å². The van der Waals surface area contributed by atoms with Crippen LogP contribution in [0.2, 0.25) is 0 Å². The van der Waals surface area contributed by atoms with Crippen LogP contribution in [0.4, 0.5) is 0 Å². The smallest absolute Gasteiger partial charge is 0.173 e. The second-order valence-electron chi connectivity index (χ2n) is 2.40. The number of furan rings is 1. The van der Waals surface area contributed by atoms with Crippen LogP contribution in [-0.2, 0) is 6.54 Å². The third-order valence-electron chi connectivity index (χ3n) is 1.44. The molecule has 0 saturated heterocycles. The van der Waals surface area contributed by atoms with E-state index in [0.717, 1.165) is 24.2 Å². The summed E-state index contributed by atoms with van der Waals surface area (Å²) in [6.07, 6.45) is 2.85. The summed E-state index contributed by atoms with van der Waals surface area (Å²) < 4.78 is 5.91. The quantitative estimate of drug-likeness (QED) is 0.785.